The topological polar surface area (TPSA) is 206 Å². The van der Waals surface area contributed by atoms with Gasteiger partial charge in [0.15, 0.2) is 5.96 Å². The number of halogens is 6. The number of carbonyl (C=O) groups excluding carboxylic acids is 1. The lowest BCUT2D eigenvalue weighted by molar-refractivity contribution is -0.193. The van der Waals surface area contributed by atoms with Gasteiger partial charge in [0.1, 0.15) is 5.82 Å². The highest BCUT2D eigenvalue weighted by atomic mass is 32.1. The molecule has 19 heteroatoms. The highest BCUT2D eigenvalue weighted by molar-refractivity contribution is 7.09. The van der Waals surface area contributed by atoms with Crippen molar-refractivity contribution in [3.8, 4) is 0 Å². The average molecular weight is 680 g/mol. The summed E-state index contributed by atoms with van der Waals surface area (Å²) < 4.78 is 63.5. The molecule has 0 bridgehead atoms. The number of fused-ring (bicyclic) bond motifs is 1. The third kappa shape index (κ3) is 12.4. The number of nitrogens with two attached hydrogens (primary N) is 2. The van der Waals surface area contributed by atoms with Gasteiger partial charge in [-0.15, -0.1) is 11.3 Å². The zero-order valence-corrected chi connectivity index (χ0v) is 25.0. The first kappa shape index (κ1) is 37.5. The Labute approximate surface area is 261 Å². The van der Waals surface area contributed by atoms with E-state index < -0.39 is 24.3 Å². The van der Waals surface area contributed by atoms with Gasteiger partial charge in [-0.3, -0.25) is 4.79 Å². The third-order valence-corrected chi connectivity index (χ3v) is 7.08. The summed E-state index contributed by atoms with van der Waals surface area (Å²) in [6.07, 6.45) is -5.37. The molecular weight excluding hydrogens is 648 g/mol. The molecule has 2 heterocycles. The van der Waals surface area contributed by atoms with Crippen LogP contribution < -0.4 is 22.1 Å². The van der Waals surface area contributed by atoms with E-state index >= 15 is 0 Å². The largest absolute Gasteiger partial charge is 0.490 e. The fourth-order valence-corrected chi connectivity index (χ4v) is 4.80. The molecule has 0 radical (unpaired) electrons. The van der Waals surface area contributed by atoms with Crippen LogP contribution >= 0.6 is 11.3 Å². The maximum atomic E-state index is 12.8. The molecule has 0 aliphatic heterocycles. The second kappa shape index (κ2) is 16.6. The first-order valence-corrected chi connectivity index (χ1v) is 14.3. The number of hydrogen-bond donors (Lipinski definition) is 6. The number of carbonyl (C=O) groups is 3. The number of carboxylic acids is 2. The van der Waals surface area contributed by atoms with Gasteiger partial charge in [-0.05, 0) is 49.8 Å². The first-order valence-electron chi connectivity index (χ1n) is 13.4. The van der Waals surface area contributed by atoms with Gasteiger partial charge >= 0.3 is 24.3 Å². The summed E-state index contributed by atoms with van der Waals surface area (Å²) in [4.78, 5) is 45.4. The second-order valence-electron chi connectivity index (χ2n) is 9.76. The van der Waals surface area contributed by atoms with Crippen LogP contribution in [-0.2, 0) is 16.0 Å². The molecule has 1 aliphatic rings. The van der Waals surface area contributed by atoms with Crippen molar-refractivity contribution < 1.29 is 50.9 Å². The van der Waals surface area contributed by atoms with Crippen molar-refractivity contribution in [2.24, 2.45) is 16.5 Å². The Bertz CT molecular complexity index is 1490. The number of aliphatic carboxylic acids is 2. The maximum Gasteiger partial charge on any atom is 0.490 e. The SMILES string of the molecule is Cc1ccc2nc(C(=O)NCCc3cccs3)nc(NC3CCCCC3N=C(N)N)c2c1.O=C(O)C(F)(F)F.O=C(O)C(F)(F)F. The quantitative estimate of drug-likeness (QED) is 0.119. The summed E-state index contributed by atoms with van der Waals surface area (Å²) in [7, 11) is 0. The van der Waals surface area contributed by atoms with Crippen LogP contribution in [0.5, 0.6) is 0 Å². The predicted octanol–water partition coefficient (Wildman–Crippen LogP) is 4.24. The van der Waals surface area contributed by atoms with Gasteiger partial charge in [-0.1, -0.05) is 30.5 Å². The number of aryl methyl sites for hydroxylation is 1. The summed E-state index contributed by atoms with van der Waals surface area (Å²) in [5.74, 6) is -4.90. The molecule has 0 spiro atoms. The molecule has 2 unspecified atom stereocenters. The molecule has 1 aliphatic carbocycles. The Kier molecular flexibility index (Phi) is 13.5. The molecular formula is C27H31F6N7O5S. The molecule has 46 heavy (non-hydrogen) atoms. The van der Waals surface area contributed by atoms with E-state index in [4.69, 9.17) is 31.3 Å². The van der Waals surface area contributed by atoms with E-state index in [1.54, 1.807) is 11.3 Å². The number of nitrogens with zero attached hydrogens (tertiary/aromatic N) is 3. The molecule has 1 fully saturated rings. The molecule has 8 N–H and O–H groups in total. The van der Waals surface area contributed by atoms with Gasteiger partial charge in [0.05, 0.1) is 17.6 Å². The summed E-state index contributed by atoms with van der Waals surface area (Å²) >= 11 is 1.68. The number of nitrogens with one attached hydrogen (secondary N) is 2. The lowest BCUT2D eigenvalue weighted by atomic mass is 9.90. The van der Waals surface area contributed by atoms with Crippen LogP contribution in [0.25, 0.3) is 10.9 Å². The number of rotatable bonds is 7. The fraction of sp³-hybridized carbons (Fsp3) is 0.407. The lowest BCUT2D eigenvalue weighted by Gasteiger charge is -2.30. The number of carboxylic acid groups (broad SMARTS) is 2. The van der Waals surface area contributed by atoms with Gasteiger partial charge in [0, 0.05) is 16.8 Å². The normalized spacial score (nSPS) is 16.2. The van der Waals surface area contributed by atoms with E-state index in [9.17, 15) is 31.1 Å². The van der Waals surface area contributed by atoms with Gasteiger partial charge in [-0.2, -0.15) is 26.3 Å². The number of hydrogen-bond acceptors (Lipinski definition) is 8. The van der Waals surface area contributed by atoms with Crippen LogP contribution in [0.1, 0.15) is 46.7 Å². The van der Waals surface area contributed by atoms with Crippen LogP contribution in [0.4, 0.5) is 32.2 Å². The number of aromatic nitrogens is 2. The number of amides is 1. The second-order valence-corrected chi connectivity index (χ2v) is 10.8. The summed E-state index contributed by atoms with van der Waals surface area (Å²) in [5, 5.41) is 23.6. The van der Waals surface area contributed by atoms with E-state index in [0.29, 0.717) is 12.4 Å². The predicted molar refractivity (Wildman–Crippen MR) is 157 cm³/mol. The van der Waals surface area contributed by atoms with E-state index in [-0.39, 0.29) is 29.8 Å². The van der Waals surface area contributed by atoms with Crippen molar-refractivity contribution >= 4 is 51.9 Å². The standard InChI is InChI=1S/C23H29N7OS.2C2HF3O2/c1-14-8-9-17-16(13-14)20(28-18-6-2-3-7-19(18)29-23(24)25)30-21(27-17)22(31)26-11-10-15-5-4-12-32-15;2*3-2(4,5)1(6)7/h4-5,8-9,12-13,18-19H,2-3,6-7,10-11H2,1H3,(H,26,31)(H4,24,25,29)(H,27,28,30);2*(H,6,7). The maximum absolute atomic E-state index is 12.8. The first-order chi connectivity index (χ1) is 21.4. The van der Waals surface area contributed by atoms with Crippen LogP contribution in [0.3, 0.4) is 0 Å². The smallest absolute Gasteiger partial charge is 0.475 e. The number of alkyl halides is 6. The Morgan fingerprint density at radius 2 is 1.61 bits per heavy atom. The molecule has 1 aromatic carbocycles. The van der Waals surface area contributed by atoms with Crippen molar-refractivity contribution in [1.82, 2.24) is 15.3 Å². The minimum atomic E-state index is -5.08. The zero-order chi connectivity index (χ0) is 34.7. The van der Waals surface area contributed by atoms with Crippen LogP contribution in [0.15, 0.2) is 40.7 Å². The summed E-state index contributed by atoms with van der Waals surface area (Å²) in [6.45, 7) is 2.56. The van der Waals surface area contributed by atoms with E-state index in [0.717, 1.165) is 48.6 Å². The molecule has 1 saturated carbocycles. The highest BCUT2D eigenvalue weighted by Crippen LogP contribution is 2.28. The molecule has 2 aromatic heterocycles. The monoisotopic (exact) mass is 679 g/mol. The Morgan fingerprint density at radius 1 is 1.00 bits per heavy atom. The molecule has 252 valence electrons. The van der Waals surface area contributed by atoms with Crippen molar-refractivity contribution in [3.05, 3.63) is 52.0 Å². The highest BCUT2D eigenvalue weighted by Gasteiger charge is 2.39. The number of thiophene rings is 1. The van der Waals surface area contributed by atoms with Gasteiger partial charge < -0.3 is 32.3 Å². The zero-order valence-electron chi connectivity index (χ0n) is 24.2. The minimum Gasteiger partial charge on any atom is -0.475 e. The van der Waals surface area contributed by atoms with Crippen LogP contribution in [0, 0.1) is 6.92 Å². The minimum absolute atomic E-state index is 0.0216. The summed E-state index contributed by atoms with van der Waals surface area (Å²) in [5.41, 5.74) is 13.1. The average Bonchev–Trinajstić information content (AvgIpc) is 3.47. The third-order valence-electron chi connectivity index (χ3n) is 6.14. The summed E-state index contributed by atoms with van der Waals surface area (Å²) in [6, 6.07) is 10.0. The van der Waals surface area contributed by atoms with Crippen molar-refractivity contribution in [1.29, 1.82) is 0 Å². The van der Waals surface area contributed by atoms with Crippen molar-refractivity contribution in [2.75, 3.05) is 11.9 Å². The van der Waals surface area contributed by atoms with E-state index in [1.807, 2.05) is 36.6 Å². The molecule has 4 rings (SSSR count). The van der Waals surface area contributed by atoms with Crippen LogP contribution in [-0.4, -0.2) is 75.0 Å². The fourth-order valence-electron chi connectivity index (χ4n) is 4.09. The molecule has 0 saturated heterocycles. The van der Waals surface area contributed by atoms with Crippen LogP contribution in [0.2, 0.25) is 0 Å². The van der Waals surface area contributed by atoms with Gasteiger partial charge in [0.25, 0.3) is 5.91 Å². The molecule has 2 atom stereocenters. The van der Waals surface area contributed by atoms with E-state index in [1.165, 1.54) is 4.88 Å². The van der Waals surface area contributed by atoms with E-state index in [2.05, 4.69) is 31.7 Å². The molecule has 3 aromatic rings. The number of aliphatic imine (C=N–C) groups is 1. The van der Waals surface area contributed by atoms with Gasteiger partial charge in [0.2, 0.25) is 5.82 Å². The lowest BCUT2D eigenvalue weighted by Crippen LogP contribution is -2.38. The Morgan fingerprint density at radius 3 is 2.15 bits per heavy atom. The number of benzene rings is 1. The van der Waals surface area contributed by atoms with Crippen molar-refractivity contribution in [2.45, 2.75) is 63.5 Å². The van der Waals surface area contributed by atoms with Crippen molar-refractivity contribution in [3.63, 3.8) is 0 Å². The molecule has 1 amide bonds. The number of anilines is 1. The Balaban J connectivity index is 0.000000440. The molecule has 12 nitrogen and oxygen atoms in total. The van der Waals surface area contributed by atoms with Gasteiger partial charge in [-0.25, -0.2) is 24.5 Å². The number of guanidine groups is 1. The Hall–Kier alpha value is -4.68.